The van der Waals surface area contributed by atoms with E-state index in [1.165, 1.54) is 12.4 Å². The summed E-state index contributed by atoms with van der Waals surface area (Å²) in [5.41, 5.74) is 0.702. The molecule has 0 atom stereocenters. The van der Waals surface area contributed by atoms with E-state index < -0.39 is 0 Å². The zero-order valence-corrected chi connectivity index (χ0v) is 16.0. The first-order chi connectivity index (χ1) is 13.0. The number of nitriles is 1. The van der Waals surface area contributed by atoms with E-state index in [0.29, 0.717) is 28.9 Å². The maximum atomic E-state index is 12.2. The van der Waals surface area contributed by atoms with Crippen LogP contribution < -0.4 is 10.1 Å². The number of aromatic nitrogens is 2. The lowest BCUT2D eigenvalue weighted by Crippen LogP contribution is -2.38. The number of halogens is 2. The number of hydrogen-bond acceptors (Lipinski definition) is 5. The summed E-state index contributed by atoms with van der Waals surface area (Å²) in [5.74, 6) is 0.852. The molecule has 1 aliphatic carbocycles. The Morgan fingerprint density at radius 2 is 2.00 bits per heavy atom. The van der Waals surface area contributed by atoms with Gasteiger partial charge in [-0.05, 0) is 43.7 Å². The van der Waals surface area contributed by atoms with E-state index >= 15 is 0 Å². The van der Waals surface area contributed by atoms with E-state index in [1.54, 1.807) is 18.2 Å². The molecule has 0 saturated heterocycles. The van der Waals surface area contributed by atoms with Crippen LogP contribution in [0.15, 0.2) is 30.6 Å². The second-order valence-electron chi connectivity index (χ2n) is 6.48. The number of rotatable bonds is 5. The molecule has 0 aliphatic heterocycles. The van der Waals surface area contributed by atoms with Crippen LogP contribution in [0.1, 0.15) is 41.7 Å². The van der Waals surface area contributed by atoms with Crippen LogP contribution in [0.5, 0.6) is 5.75 Å². The topological polar surface area (TPSA) is 87.9 Å². The molecule has 1 heterocycles. The molecule has 1 aliphatic rings. The van der Waals surface area contributed by atoms with Gasteiger partial charge in [0.15, 0.2) is 0 Å². The Balaban J connectivity index is 1.43. The van der Waals surface area contributed by atoms with Crippen molar-refractivity contribution in [3.05, 3.63) is 52.0 Å². The van der Waals surface area contributed by atoms with Crippen molar-refractivity contribution in [2.24, 2.45) is 5.92 Å². The van der Waals surface area contributed by atoms with Crippen LogP contribution in [0, 0.1) is 17.2 Å². The molecule has 1 N–H and O–H groups in total. The van der Waals surface area contributed by atoms with Gasteiger partial charge in [-0.3, -0.25) is 4.79 Å². The second kappa shape index (κ2) is 9.03. The number of ether oxygens (including phenoxy) is 1. The second-order valence-corrected chi connectivity index (χ2v) is 7.27. The molecule has 1 fully saturated rings. The Morgan fingerprint density at radius 3 is 2.63 bits per heavy atom. The highest BCUT2D eigenvalue weighted by atomic mass is 35.5. The average molecular weight is 405 g/mol. The van der Waals surface area contributed by atoms with E-state index in [2.05, 4.69) is 15.3 Å². The van der Waals surface area contributed by atoms with Gasteiger partial charge in [0.2, 0.25) is 0 Å². The van der Waals surface area contributed by atoms with E-state index in [9.17, 15) is 4.79 Å². The Labute approximate surface area is 167 Å². The SMILES string of the molecule is N#Cc1ccc(OC[C@H]2CC[C@H](NC(=O)c3cnc(Cl)cn3)CC2)cc1Cl. The Hall–Kier alpha value is -2.36. The first kappa shape index (κ1) is 19.4. The molecule has 1 amide bonds. The van der Waals surface area contributed by atoms with Gasteiger partial charge in [-0.25, -0.2) is 9.97 Å². The maximum Gasteiger partial charge on any atom is 0.271 e. The lowest BCUT2D eigenvalue weighted by molar-refractivity contribution is 0.0910. The van der Waals surface area contributed by atoms with Crippen LogP contribution in [-0.2, 0) is 0 Å². The molecule has 0 bridgehead atoms. The highest BCUT2D eigenvalue weighted by Crippen LogP contribution is 2.27. The Kier molecular flexibility index (Phi) is 6.49. The summed E-state index contributed by atoms with van der Waals surface area (Å²) in [6, 6.07) is 7.22. The molecule has 27 heavy (non-hydrogen) atoms. The summed E-state index contributed by atoms with van der Waals surface area (Å²) in [4.78, 5) is 20.0. The summed E-state index contributed by atoms with van der Waals surface area (Å²) < 4.78 is 5.81. The van der Waals surface area contributed by atoms with E-state index in [4.69, 9.17) is 33.2 Å². The van der Waals surface area contributed by atoms with Gasteiger partial charge >= 0.3 is 0 Å². The van der Waals surface area contributed by atoms with Gasteiger partial charge in [-0.1, -0.05) is 23.2 Å². The third kappa shape index (κ3) is 5.31. The van der Waals surface area contributed by atoms with Crippen LogP contribution in [0.2, 0.25) is 10.2 Å². The Bertz CT molecular complexity index is 844. The van der Waals surface area contributed by atoms with Crippen molar-refractivity contribution >= 4 is 29.1 Å². The quantitative estimate of drug-likeness (QED) is 0.812. The summed E-state index contributed by atoms with van der Waals surface area (Å²) >= 11 is 11.7. The monoisotopic (exact) mass is 404 g/mol. The summed E-state index contributed by atoms with van der Waals surface area (Å²) in [6.07, 6.45) is 6.42. The number of hydrogen-bond donors (Lipinski definition) is 1. The fourth-order valence-electron chi connectivity index (χ4n) is 3.05. The van der Waals surface area contributed by atoms with Crippen molar-refractivity contribution in [3.8, 4) is 11.8 Å². The third-order valence-electron chi connectivity index (χ3n) is 4.58. The molecule has 0 spiro atoms. The maximum absolute atomic E-state index is 12.2. The molecule has 2 aromatic rings. The lowest BCUT2D eigenvalue weighted by Gasteiger charge is -2.29. The van der Waals surface area contributed by atoms with Crippen LogP contribution in [0.4, 0.5) is 0 Å². The number of nitrogens with one attached hydrogen (secondary N) is 1. The number of carbonyl (C=O) groups excluding carboxylic acids is 1. The minimum atomic E-state index is -0.230. The predicted molar refractivity (Wildman–Crippen MR) is 102 cm³/mol. The van der Waals surface area contributed by atoms with Crippen LogP contribution in [-0.4, -0.2) is 28.5 Å². The van der Waals surface area contributed by atoms with Gasteiger partial charge in [-0.2, -0.15) is 5.26 Å². The van der Waals surface area contributed by atoms with Crippen LogP contribution in [0.25, 0.3) is 0 Å². The van der Waals surface area contributed by atoms with Crippen molar-refractivity contribution in [1.29, 1.82) is 5.26 Å². The van der Waals surface area contributed by atoms with Crippen molar-refractivity contribution in [3.63, 3.8) is 0 Å². The molecular weight excluding hydrogens is 387 g/mol. The van der Waals surface area contributed by atoms with Gasteiger partial charge in [0.05, 0.1) is 29.6 Å². The molecule has 8 heteroatoms. The van der Waals surface area contributed by atoms with Crippen LogP contribution in [0.3, 0.4) is 0 Å². The van der Waals surface area contributed by atoms with E-state index in [1.807, 2.05) is 6.07 Å². The third-order valence-corrected chi connectivity index (χ3v) is 5.09. The number of nitrogens with zero attached hydrogens (tertiary/aromatic N) is 3. The fourth-order valence-corrected chi connectivity index (χ4v) is 3.36. The number of benzene rings is 1. The molecule has 6 nitrogen and oxygen atoms in total. The first-order valence-electron chi connectivity index (χ1n) is 8.66. The average Bonchev–Trinajstić information content (AvgIpc) is 2.68. The molecular formula is C19H18Cl2N4O2. The summed E-state index contributed by atoms with van der Waals surface area (Å²) in [7, 11) is 0. The van der Waals surface area contributed by atoms with E-state index in [-0.39, 0.29) is 22.8 Å². The molecule has 1 saturated carbocycles. The normalized spacial score (nSPS) is 19.1. The molecule has 0 radical (unpaired) electrons. The van der Waals surface area contributed by atoms with Crippen molar-refractivity contribution in [1.82, 2.24) is 15.3 Å². The van der Waals surface area contributed by atoms with Crippen molar-refractivity contribution < 1.29 is 9.53 Å². The van der Waals surface area contributed by atoms with Gasteiger partial charge < -0.3 is 10.1 Å². The molecule has 0 unspecified atom stereocenters. The molecule has 1 aromatic heterocycles. The zero-order valence-electron chi connectivity index (χ0n) is 14.5. The van der Waals surface area contributed by atoms with Gasteiger partial charge in [-0.15, -0.1) is 0 Å². The van der Waals surface area contributed by atoms with Crippen LogP contribution >= 0.6 is 23.2 Å². The Morgan fingerprint density at radius 1 is 1.22 bits per heavy atom. The molecule has 3 rings (SSSR count). The molecule has 1 aromatic carbocycles. The predicted octanol–water partition coefficient (Wildman–Crippen LogP) is 4.02. The van der Waals surface area contributed by atoms with Gasteiger partial charge in [0, 0.05) is 12.1 Å². The standard InChI is InChI=1S/C19H18Cl2N4O2/c20-16-7-15(6-3-13(16)8-22)27-11-12-1-4-14(5-2-12)25-19(26)17-9-24-18(21)10-23-17/h3,6-7,9-10,12,14H,1-2,4-5,11H2,(H,25,26)/t12-,14-. The smallest absolute Gasteiger partial charge is 0.271 e. The fraction of sp³-hybridized carbons (Fsp3) is 0.368. The highest BCUT2D eigenvalue weighted by molar-refractivity contribution is 6.31. The summed E-state index contributed by atoms with van der Waals surface area (Å²) in [6.45, 7) is 0.589. The summed E-state index contributed by atoms with van der Waals surface area (Å²) in [5, 5.41) is 12.5. The van der Waals surface area contributed by atoms with Gasteiger partial charge in [0.1, 0.15) is 22.7 Å². The largest absolute Gasteiger partial charge is 0.493 e. The van der Waals surface area contributed by atoms with Crippen molar-refractivity contribution in [2.45, 2.75) is 31.7 Å². The minimum Gasteiger partial charge on any atom is -0.493 e. The van der Waals surface area contributed by atoms with Gasteiger partial charge in [0.25, 0.3) is 5.91 Å². The van der Waals surface area contributed by atoms with E-state index in [0.717, 1.165) is 25.7 Å². The minimum absolute atomic E-state index is 0.121. The highest BCUT2D eigenvalue weighted by Gasteiger charge is 2.23. The lowest BCUT2D eigenvalue weighted by atomic mass is 9.86. The van der Waals surface area contributed by atoms with Crippen molar-refractivity contribution in [2.75, 3.05) is 6.61 Å². The number of carbonyl (C=O) groups is 1. The number of amides is 1. The zero-order chi connectivity index (χ0) is 19.2. The molecule has 140 valence electrons. The first-order valence-corrected chi connectivity index (χ1v) is 9.41.